The normalized spacial score (nSPS) is 17.1. The molecule has 3 rings (SSSR count). The number of para-hydroxylation sites is 1. The van der Waals surface area contributed by atoms with E-state index in [1.807, 2.05) is 61.5 Å². The lowest BCUT2D eigenvalue weighted by atomic mass is 9.95. The van der Waals surface area contributed by atoms with Gasteiger partial charge in [-0.05, 0) is 49.0 Å². The van der Waals surface area contributed by atoms with Gasteiger partial charge in [-0.15, -0.1) is 0 Å². The second kappa shape index (κ2) is 7.15. The standard InChI is InChI=1S/C18H16BrN3OS/c1-11-15(17(23)21-14-8-3-2-4-9-14)16(22-18(24)20-11)12-6-5-7-13(19)10-12/h2-10,16H,1H3,(H,21,23)(H2,20,22,24)/t16-/m1/s1. The lowest BCUT2D eigenvalue weighted by Crippen LogP contribution is -2.45. The summed E-state index contributed by atoms with van der Waals surface area (Å²) in [5, 5.41) is 9.67. The number of carbonyl (C=O) groups is 1. The van der Waals surface area contributed by atoms with Crippen molar-refractivity contribution in [2.24, 2.45) is 0 Å². The van der Waals surface area contributed by atoms with E-state index in [0.717, 1.165) is 21.4 Å². The SMILES string of the molecule is CC1=C(C(=O)Nc2ccccc2)[C@@H](c2cccc(Br)c2)NC(=S)N1. The van der Waals surface area contributed by atoms with Crippen LogP contribution in [0.4, 0.5) is 5.69 Å². The molecule has 0 spiro atoms. The molecular weight excluding hydrogens is 386 g/mol. The minimum absolute atomic E-state index is 0.161. The molecule has 0 saturated carbocycles. The molecule has 6 heteroatoms. The van der Waals surface area contributed by atoms with E-state index in [0.29, 0.717) is 10.7 Å². The first-order valence-electron chi connectivity index (χ1n) is 7.45. The van der Waals surface area contributed by atoms with Gasteiger partial charge >= 0.3 is 0 Å². The first kappa shape index (κ1) is 16.7. The Morgan fingerprint density at radius 2 is 1.92 bits per heavy atom. The number of amides is 1. The largest absolute Gasteiger partial charge is 0.351 e. The van der Waals surface area contributed by atoms with Gasteiger partial charge in [-0.25, -0.2) is 0 Å². The fourth-order valence-corrected chi connectivity index (χ4v) is 3.34. The number of allylic oxidation sites excluding steroid dienone is 1. The highest BCUT2D eigenvalue weighted by Gasteiger charge is 2.29. The van der Waals surface area contributed by atoms with Gasteiger partial charge in [-0.3, -0.25) is 4.79 Å². The van der Waals surface area contributed by atoms with Crippen LogP contribution in [0.15, 0.2) is 70.3 Å². The van der Waals surface area contributed by atoms with Crippen LogP contribution in [-0.4, -0.2) is 11.0 Å². The van der Waals surface area contributed by atoms with Crippen LogP contribution < -0.4 is 16.0 Å². The molecule has 2 aromatic carbocycles. The number of anilines is 1. The summed E-state index contributed by atoms with van der Waals surface area (Å²) < 4.78 is 0.951. The third-order valence-corrected chi connectivity index (χ3v) is 4.44. The van der Waals surface area contributed by atoms with Crippen molar-refractivity contribution in [1.82, 2.24) is 10.6 Å². The summed E-state index contributed by atoms with van der Waals surface area (Å²) in [6.07, 6.45) is 0. The molecule has 1 aliphatic rings. The van der Waals surface area contributed by atoms with E-state index in [2.05, 4.69) is 31.9 Å². The van der Waals surface area contributed by atoms with E-state index in [-0.39, 0.29) is 11.9 Å². The van der Waals surface area contributed by atoms with Gasteiger partial charge in [0.05, 0.1) is 11.6 Å². The fraction of sp³-hybridized carbons (Fsp3) is 0.111. The molecule has 2 aromatic rings. The summed E-state index contributed by atoms with van der Waals surface area (Å²) in [5.74, 6) is -0.161. The average molecular weight is 402 g/mol. The van der Waals surface area contributed by atoms with Crippen molar-refractivity contribution >= 4 is 44.9 Å². The van der Waals surface area contributed by atoms with Crippen LogP contribution in [0.2, 0.25) is 0 Å². The maximum Gasteiger partial charge on any atom is 0.255 e. The highest BCUT2D eigenvalue weighted by Crippen LogP contribution is 2.29. The molecule has 1 amide bonds. The van der Waals surface area contributed by atoms with Crippen molar-refractivity contribution in [1.29, 1.82) is 0 Å². The average Bonchev–Trinajstić information content (AvgIpc) is 2.55. The number of hydrogen-bond acceptors (Lipinski definition) is 2. The van der Waals surface area contributed by atoms with E-state index in [4.69, 9.17) is 12.2 Å². The van der Waals surface area contributed by atoms with Crippen LogP contribution in [0.25, 0.3) is 0 Å². The maximum atomic E-state index is 12.8. The molecule has 3 N–H and O–H groups in total. The number of carbonyl (C=O) groups excluding carboxylic acids is 1. The van der Waals surface area contributed by atoms with Crippen molar-refractivity contribution in [3.63, 3.8) is 0 Å². The maximum absolute atomic E-state index is 12.8. The molecule has 0 radical (unpaired) electrons. The van der Waals surface area contributed by atoms with Crippen molar-refractivity contribution in [2.75, 3.05) is 5.32 Å². The highest BCUT2D eigenvalue weighted by atomic mass is 79.9. The van der Waals surface area contributed by atoms with Crippen LogP contribution in [0, 0.1) is 0 Å². The number of thiocarbonyl (C=S) groups is 1. The zero-order valence-electron chi connectivity index (χ0n) is 13.0. The molecule has 0 unspecified atom stereocenters. The van der Waals surface area contributed by atoms with Gasteiger partial charge in [0.25, 0.3) is 5.91 Å². The molecule has 0 aliphatic carbocycles. The summed E-state index contributed by atoms with van der Waals surface area (Å²) >= 11 is 8.74. The topological polar surface area (TPSA) is 53.2 Å². The fourth-order valence-electron chi connectivity index (χ4n) is 2.65. The first-order chi connectivity index (χ1) is 11.5. The van der Waals surface area contributed by atoms with Crippen molar-refractivity contribution in [2.45, 2.75) is 13.0 Å². The molecule has 4 nitrogen and oxygen atoms in total. The Balaban J connectivity index is 1.96. The van der Waals surface area contributed by atoms with Gasteiger partial charge < -0.3 is 16.0 Å². The Bertz CT molecular complexity index is 820. The van der Waals surface area contributed by atoms with Gasteiger partial charge in [-0.1, -0.05) is 46.3 Å². The molecule has 1 atom stereocenters. The van der Waals surface area contributed by atoms with Gasteiger partial charge in [0, 0.05) is 15.9 Å². The number of halogens is 1. The van der Waals surface area contributed by atoms with E-state index in [1.54, 1.807) is 0 Å². The Labute approximate surface area is 154 Å². The smallest absolute Gasteiger partial charge is 0.255 e. The Kier molecular flexibility index (Phi) is 4.97. The van der Waals surface area contributed by atoms with Crippen LogP contribution in [0.5, 0.6) is 0 Å². The van der Waals surface area contributed by atoms with E-state index in [1.165, 1.54) is 0 Å². The minimum Gasteiger partial charge on any atom is -0.351 e. The third kappa shape index (κ3) is 3.66. The summed E-state index contributed by atoms with van der Waals surface area (Å²) in [7, 11) is 0. The summed E-state index contributed by atoms with van der Waals surface area (Å²) in [5.41, 5.74) is 3.08. The number of benzene rings is 2. The summed E-state index contributed by atoms with van der Waals surface area (Å²) in [6.45, 7) is 1.86. The van der Waals surface area contributed by atoms with Crippen LogP contribution >= 0.6 is 28.1 Å². The van der Waals surface area contributed by atoms with E-state index < -0.39 is 0 Å². The molecule has 1 heterocycles. The monoisotopic (exact) mass is 401 g/mol. The number of rotatable bonds is 3. The Morgan fingerprint density at radius 3 is 2.62 bits per heavy atom. The van der Waals surface area contributed by atoms with Crippen molar-refractivity contribution < 1.29 is 4.79 Å². The molecule has 24 heavy (non-hydrogen) atoms. The lowest BCUT2D eigenvalue weighted by molar-refractivity contribution is -0.113. The first-order valence-corrected chi connectivity index (χ1v) is 8.65. The predicted octanol–water partition coefficient (Wildman–Crippen LogP) is 3.88. The number of nitrogens with one attached hydrogen (secondary N) is 3. The summed E-state index contributed by atoms with van der Waals surface area (Å²) in [6, 6.07) is 16.9. The van der Waals surface area contributed by atoms with E-state index >= 15 is 0 Å². The Hall–Kier alpha value is -2.18. The highest BCUT2D eigenvalue weighted by molar-refractivity contribution is 9.10. The minimum atomic E-state index is -0.306. The molecule has 0 aromatic heterocycles. The van der Waals surface area contributed by atoms with Gasteiger partial charge in [0.2, 0.25) is 0 Å². The Morgan fingerprint density at radius 1 is 1.17 bits per heavy atom. The molecule has 122 valence electrons. The lowest BCUT2D eigenvalue weighted by Gasteiger charge is -2.30. The quantitative estimate of drug-likeness (QED) is 0.683. The second-order valence-corrected chi connectivity index (χ2v) is 6.77. The molecule has 0 fully saturated rings. The predicted molar refractivity (Wildman–Crippen MR) is 104 cm³/mol. The zero-order valence-corrected chi connectivity index (χ0v) is 15.4. The van der Waals surface area contributed by atoms with Crippen molar-refractivity contribution in [3.05, 3.63) is 75.9 Å². The zero-order chi connectivity index (χ0) is 17.1. The van der Waals surface area contributed by atoms with Crippen LogP contribution in [0.3, 0.4) is 0 Å². The van der Waals surface area contributed by atoms with Gasteiger partial charge in [0.1, 0.15) is 0 Å². The number of hydrogen-bond donors (Lipinski definition) is 3. The van der Waals surface area contributed by atoms with Gasteiger partial charge in [0.15, 0.2) is 5.11 Å². The van der Waals surface area contributed by atoms with Crippen molar-refractivity contribution in [3.8, 4) is 0 Å². The van der Waals surface area contributed by atoms with E-state index in [9.17, 15) is 4.79 Å². The molecule has 1 aliphatic heterocycles. The van der Waals surface area contributed by atoms with Gasteiger partial charge in [-0.2, -0.15) is 0 Å². The molecule has 0 saturated heterocycles. The third-order valence-electron chi connectivity index (χ3n) is 3.73. The second-order valence-electron chi connectivity index (χ2n) is 5.45. The van der Waals surface area contributed by atoms with Crippen LogP contribution in [-0.2, 0) is 4.79 Å². The molecular formula is C18H16BrN3OS. The summed E-state index contributed by atoms with van der Waals surface area (Å²) in [4.78, 5) is 12.8. The van der Waals surface area contributed by atoms with Crippen LogP contribution in [0.1, 0.15) is 18.5 Å². The molecule has 0 bridgehead atoms.